The molecule has 218 valence electrons. The number of carbonyl (C=O) groups excluding carboxylic acids is 2. The lowest BCUT2D eigenvalue weighted by atomic mass is 9.87. The summed E-state index contributed by atoms with van der Waals surface area (Å²) in [4.78, 5) is 28.0. The third kappa shape index (κ3) is 3.82. The fraction of sp³-hybridized carbons (Fsp3) is 0.0588. The summed E-state index contributed by atoms with van der Waals surface area (Å²) in [6.07, 6.45) is 3.54. The van der Waals surface area contributed by atoms with Gasteiger partial charge < -0.3 is 10.2 Å². The molecule has 0 bridgehead atoms. The lowest BCUT2D eigenvalue weighted by Gasteiger charge is -2.19. The van der Waals surface area contributed by atoms with Crippen molar-refractivity contribution in [2.75, 3.05) is 0 Å². The number of aryl methyl sites for hydroxylation is 2. The summed E-state index contributed by atoms with van der Waals surface area (Å²) in [5, 5.41) is 23.7. The van der Waals surface area contributed by atoms with Crippen LogP contribution in [-0.4, -0.2) is 21.8 Å². The molecule has 5 heterocycles. The van der Waals surface area contributed by atoms with Crippen molar-refractivity contribution in [3.8, 4) is 0 Å². The highest BCUT2D eigenvalue weighted by atomic mass is 32.1. The Hall–Kier alpha value is -4.26. The molecular formula is C34H20N2O4S5+2. The van der Waals surface area contributed by atoms with Crippen molar-refractivity contribution < 1.29 is 28.9 Å². The number of thiazole rings is 2. The lowest BCUT2D eigenvalue weighted by Crippen LogP contribution is -2.30. The van der Waals surface area contributed by atoms with Crippen LogP contribution in [0.5, 0.6) is 0 Å². The van der Waals surface area contributed by atoms with E-state index in [9.17, 15) is 19.8 Å². The zero-order valence-corrected chi connectivity index (χ0v) is 27.7. The number of carbonyl (C=O) groups is 2. The SMILES string of the molecule is C[n+]1c(/C=C2\C(=O)C(c3cc4sc5cc(C6=C(O)/C(=C\c7sc8ccccc8[n+]7C)C6=O)sc5c4s3)=C2O)sc2ccccc21. The fourth-order valence-corrected chi connectivity index (χ4v) is 12.2. The molecule has 5 aromatic heterocycles. The van der Waals surface area contributed by atoms with Crippen LogP contribution in [0.1, 0.15) is 19.8 Å². The van der Waals surface area contributed by atoms with Gasteiger partial charge in [-0.15, -0.1) is 34.0 Å². The molecule has 45 heavy (non-hydrogen) atoms. The quantitative estimate of drug-likeness (QED) is 0.145. The molecular weight excluding hydrogens is 661 g/mol. The maximum absolute atomic E-state index is 13.3. The minimum atomic E-state index is -0.163. The van der Waals surface area contributed by atoms with E-state index in [1.54, 1.807) is 46.2 Å². The van der Waals surface area contributed by atoms with E-state index in [0.717, 1.165) is 59.0 Å². The van der Waals surface area contributed by atoms with Crippen LogP contribution in [0, 0.1) is 0 Å². The summed E-state index contributed by atoms with van der Waals surface area (Å²) < 4.78 is 10.4. The van der Waals surface area contributed by atoms with Crippen LogP contribution in [0.2, 0.25) is 0 Å². The summed E-state index contributed by atoms with van der Waals surface area (Å²) in [5.41, 5.74) is 3.50. The average Bonchev–Trinajstić information content (AvgIpc) is 3.83. The summed E-state index contributed by atoms with van der Waals surface area (Å²) in [6, 6.07) is 20.0. The minimum absolute atomic E-state index is 0.0240. The molecule has 0 aliphatic heterocycles. The zero-order chi connectivity index (χ0) is 30.7. The van der Waals surface area contributed by atoms with Crippen molar-refractivity contribution in [1.82, 2.24) is 0 Å². The fourth-order valence-electron chi connectivity index (χ4n) is 5.89. The molecule has 2 aliphatic rings. The van der Waals surface area contributed by atoms with Crippen LogP contribution in [-0.2, 0) is 23.7 Å². The van der Waals surface area contributed by atoms with Gasteiger partial charge in [0.2, 0.25) is 22.6 Å². The van der Waals surface area contributed by atoms with E-state index in [4.69, 9.17) is 0 Å². The number of aromatic nitrogens is 2. The zero-order valence-electron chi connectivity index (χ0n) is 23.6. The summed E-state index contributed by atoms with van der Waals surface area (Å²) in [5.74, 6) is -0.279. The lowest BCUT2D eigenvalue weighted by molar-refractivity contribution is -0.642. The van der Waals surface area contributed by atoms with E-state index in [0.29, 0.717) is 22.3 Å². The van der Waals surface area contributed by atoms with Gasteiger partial charge in [0, 0.05) is 43.4 Å². The first kappa shape index (κ1) is 27.1. The van der Waals surface area contributed by atoms with Gasteiger partial charge in [0.15, 0.2) is 0 Å². The van der Waals surface area contributed by atoms with Crippen LogP contribution in [0.4, 0.5) is 0 Å². The van der Waals surface area contributed by atoms with Gasteiger partial charge >= 0.3 is 0 Å². The molecule has 2 aliphatic carbocycles. The molecule has 0 atom stereocenters. The molecule has 2 N–H and O–H groups in total. The first-order valence-corrected chi connectivity index (χ1v) is 18.0. The molecule has 7 aromatic rings. The third-order valence-electron chi connectivity index (χ3n) is 8.32. The number of nitrogens with zero attached hydrogens (tertiary/aromatic N) is 2. The monoisotopic (exact) mass is 680 g/mol. The van der Waals surface area contributed by atoms with Crippen molar-refractivity contribution in [2.45, 2.75) is 0 Å². The number of aliphatic hydroxyl groups is 2. The highest BCUT2D eigenvalue weighted by Crippen LogP contribution is 2.50. The number of ketones is 2. The molecule has 0 spiro atoms. The Morgan fingerprint density at radius 2 is 1.00 bits per heavy atom. The number of benzene rings is 2. The van der Waals surface area contributed by atoms with Gasteiger partial charge in [-0.3, -0.25) is 9.59 Å². The van der Waals surface area contributed by atoms with Crippen LogP contribution in [0.15, 0.2) is 83.3 Å². The number of Topliss-reactive ketones (excluding diaryl/α,β-unsaturated/α-hetero) is 2. The molecule has 9 rings (SSSR count). The smallest absolute Gasteiger partial charge is 0.263 e. The maximum Gasteiger partial charge on any atom is 0.263 e. The summed E-state index contributed by atoms with van der Waals surface area (Å²) in [6.45, 7) is 0. The van der Waals surface area contributed by atoms with E-state index < -0.39 is 0 Å². The van der Waals surface area contributed by atoms with Crippen LogP contribution >= 0.6 is 56.7 Å². The second-order valence-corrected chi connectivity index (χ2v) is 16.2. The molecule has 0 amide bonds. The number of rotatable bonds is 4. The van der Waals surface area contributed by atoms with E-state index in [1.165, 1.54) is 22.7 Å². The third-order valence-corrected chi connectivity index (χ3v) is 14.5. The van der Waals surface area contributed by atoms with Crippen LogP contribution in [0.25, 0.3) is 62.5 Å². The average molecular weight is 681 g/mol. The molecule has 0 saturated heterocycles. The van der Waals surface area contributed by atoms with E-state index in [1.807, 2.05) is 83.9 Å². The Bertz CT molecular complexity index is 2450. The van der Waals surface area contributed by atoms with Gasteiger partial charge in [0.1, 0.15) is 35.0 Å². The second-order valence-electron chi connectivity index (χ2n) is 10.9. The minimum Gasteiger partial charge on any atom is -0.506 e. The van der Waals surface area contributed by atoms with E-state index >= 15 is 0 Å². The van der Waals surface area contributed by atoms with Crippen molar-refractivity contribution in [3.05, 3.63) is 103 Å². The molecule has 6 nitrogen and oxygen atoms in total. The summed E-state index contributed by atoms with van der Waals surface area (Å²) >= 11 is 7.69. The largest absolute Gasteiger partial charge is 0.506 e. The number of fused-ring (bicyclic) bond motifs is 5. The number of thiophene rings is 3. The molecule has 0 fully saturated rings. The highest BCUT2D eigenvalue weighted by molar-refractivity contribution is 7.39. The number of aliphatic hydroxyl groups excluding tert-OH is 2. The highest BCUT2D eigenvalue weighted by Gasteiger charge is 2.39. The Labute approximate surface area is 275 Å². The Morgan fingerprint density at radius 3 is 1.40 bits per heavy atom. The maximum atomic E-state index is 13.3. The van der Waals surface area contributed by atoms with Crippen molar-refractivity contribution in [2.24, 2.45) is 14.1 Å². The van der Waals surface area contributed by atoms with Crippen molar-refractivity contribution in [3.63, 3.8) is 0 Å². The van der Waals surface area contributed by atoms with E-state index in [2.05, 4.69) is 0 Å². The Balaban J connectivity index is 1.05. The second kappa shape index (κ2) is 9.62. The molecule has 11 heteroatoms. The molecule has 0 unspecified atom stereocenters. The van der Waals surface area contributed by atoms with Gasteiger partial charge in [-0.25, -0.2) is 0 Å². The molecule has 0 radical (unpaired) electrons. The molecule has 2 aromatic carbocycles. The van der Waals surface area contributed by atoms with Gasteiger partial charge in [-0.05, 0) is 24.3 Å². The predicted octanol–water partition coefficient (Wildman–Crippen LogP) is 8.13. The first-order valence-electron chi connectivity index (χ1n) is 13.9. The van der Waals surface area contributed by atoms with Crippen molar-refractivity contribution in [1.29, 1.82) is 0 Å². The number of para-hydroxylation sites is 2. The standard InChI is InChI=1S/C34H18N2O4S5/c1-35-17-7-3-5-9-19(17)42-25(35)11-15-29(37)27(30(15)38)21-13-23-33(44-21)34-24(41-23)14-22(45-34)28-31(39)16(32(28)40)12-26-36(2)18-8-4-6-10-20(18)43-26/h3-14H,1-2H3/p+2. The van der Waals surface area contributed by atoms with Gasteiger partial charge in [0.25, 0.3) is 10.0 Å². The topological polar surface area (TPSA) is 82.4 Å². The Morgan fingerprint density at radius 1 is 0.578 bits per heavy atom. The first-order chi connectivity index (χ1) is 21.8. The number of allylic oxidation sites excluding steroid dienone is 4. The van der Waals surface area contributed by atoms with Crippen molar-refractivity contribution >= 4 is 131 Å². The molecule has 0 saturated carbocycles. The Kier molecular flexibility index (Phi) is 5.79. The predicted molar refractivity (Wildman–Crippen MR) is 186 cm³/mol. The van der Waals surface area contributed by atoms with Crippen LogP contribution in [0.3, 0.4) is 0 Å². The van der Waals surface area contributed by atoms with E-state index in [-0.39, 0.29) is 23.1 Å². The van der Waals surface area contributed by atoms with Gasteiger partial charge in [-0.2, -0.15) is 9.13 Å². The summed E-state index contributed by atoms with van der Waals surface area (Å²) in [7, 11) is 3.92. The van der Waals surface area contributed by atoms with Crippen LogP contribution < -0.4 is 9.13 Å². The van der Waals surface area contributed by atoms with Gasteiger partial charge in [-0.1, -0.05) is 46.9 Å². The normalized spacial score (nSPS) is 17.3. The van der Waals surface area contributed by atoms with Gasteiger partial charge in [0.05, 0.1) is 31.7 Å². The number of hydrogen-bond donors (Lipinski definition) is 2. The number of hydrogen-bond acceptors (Lipinski definition) is 9.